The number of hydrogen-bond acceptors (Lipinski definition) is 5. The molecule has 1 aliphatic carbocycles. The van der Waals surface area contributed by atoms with Gasteiger partial charge in [0.25, 0.3) is 0 Å². The van der Waals surface area contributed by atoms with E-state index in [-0.39, 0.29) is 23.1 Å². The summed E-state index contributed by atoms with van der Waals surface area (Å²) in [6, 6.07) is 21.0. The van der Waals surface area contributed by atoms with Gasteiger partial charge < -0.3 is 9.47 Å². The highest BCUT2D eigenvalue weighted by Gasteiger charge is 2.40. The van der Waals surface area contributed by atoms with Crippen LogP contribution in [0.1, 0.15) is 50.7 Å². The quantitative estimate of drug-likeness (QED) is 0.185. The van der Waals surface area contributed by atoms with E-state index < -0.39 is 6.36 Å². The van der Waals surface area contributed by atoms with Crippen LogP contribution in [0.2, 0.25) is 0 Å². The van der Waals surface area contributed by atoms with Crippen molar-refractivity contribution in [1.82, 2.24) is 14.8 Å². The van der Waals surface area contributed by atoms with Crippen LogP contribution < -0.4 is 9.47 Å². The van der Waals surface area contributed by atoms with Gasteiger partial charge in [0.2, 0.25) is 0 Å². The van der Waals surface area contributed by atoms with Gasteiger partial charge in [0.15, 0.2) is 5.82 Å². The van der Waals surface area contributed by atoms with Crippen LogP contribution in [0.3, 0.4) is 0 Å². The second kappa shape index (κ2) is 10.2. The first kappa shape index (κ1) is 26.5. The standard InChI is InChI=1S/C30H28F3N3O3/c1-29(2,3)25-6-4-5-7-26(25)38-27(37)17-21-16-24(21)19-8-10-20(11-9-19)28-34-18-36(35-28)22-12-14-23(15-13-22)39-30(31,32)33/h4-15,18,21,24H,16-17H2,1-3H3. The molecule has 0 bridgehead atoms. The predicted molar refractivity (Wildman–Crippen MR) is 140 cm³/mol. The number of esters is 1. The Hall–Kier alpha value is -4.14. The fourth-order valence-electron chi connectivity index (χ4n) is 4.63. The van der Waals surface area contributed by atoms with Gasteiger partial charge in [-0.1, -0.05) is 63.2 Å². The second-order valence-electron chi connectivity index (χ2n) is 10.7. The van der Waals surface area contributed by atoms with Crippen LogP contribution in [0.25, 0.3) is 17.1 Å². The van der Waals surface area contributed by atoms with Gasteiger partial charge in [-0.3, -0.25) is 4.79 Å². The minimum absolute atomic E-state index is 0.123. The average Bonchev–Trinajstić information content (AvgIpc) is 3.45. The summed E-state index contributed by atoms with van der Waals surface area (Å²) in [4.78, 5) is 17.0. The number of halogens is 3. The van der Waals surface area contributed by atoms with Crippen molar-refractivity contribution in [2.75, 3.05) is 0 Å². The van der Waals surface area contributed by atoms with E-state index in [2.05, 4.69) is 35.6 Å². The number of hydrogen-bond donors (Lipinski definition) is 0. The molecule has 3 aromatic carbocycles. The minimum Gasteiger partial charge on any atom is -0.426 e. The molecule has 9 heteroatoms. The molecule has 6 nitrogen and oxygen atoms in total. The molecule has 0 N–H and O–H groups in total. The normalized spacial score (nSPS) is 17.1. The fourth-order valence-corrected chi connectivity index (χ4v) is 4.63. The first-order chi connectivity index (χ1) is 18.5. The highest BCUT2D eigenvalue weighted by atomic mass is 19.4. The lowest BCUT2D eigenvalue weighted by molar-refractivity contribution is -0.274. The Morgan fingerprint density at radius 1 is 0.974 bits per heavy atom. The molecule has 2 unspecified atom stereocenters. The highest BCUT2D eigenvalue weighted by molar-refractivity contribution is 5.74. The summed E-state index contributed by atoms with van der Waals surface area (Å²) in [7, 11) is 0. The molecule has 1 fully saturated rings. The third kappa shape index (κ3) is 6.47. The van der Waals surface area contributed by atoms with Crippen LogP contribution in [0.5, 0.6) is 11.5 Å². The zero-order valence-electron chi connectivity index (χ0n) is 21.8. The third-order valence-electron chi connectivity index (χ3n) is 6.69. The van der Waals surface area contributed by atoms with E-state index in [1.807, 2.05) is 48.5 Å². The SMILES string of the molecule is CC(C)(C)c1ccccc1OC(=O)CC1CC1c1ccc(-c2ncn(-c3ccc(OC(F)(F)F)cc3)n2)cc1. The summed E-state index contributed by atoms with van der Waals surface area (Å²) in [6.45, 7) is 6.28. The van der Waals surface area contributed by atoms with Crippen molar-refractivity contribution >= 4 is 5.97 Å². The van der Waals surface area contributed by atoms with Crippen molar-refractivity contribution in [3.63, 3.8) is 0 Å². The Morgan fingerprint density at radius 2 is 1.67 bits per heavy atom. The number of ether oxygens (including phenoxy) is 2. The molecular weight excluding hydrogens is 507 g/mol. The number of rotatable bonds is 7. The predicted octanol–water partition coefficient (Wildman–Crippen LogP) is 7.23. The van der Waals surface area contributed by atoms with Crippen molar-refractivity contribution in [2.24, 2.45) is 5.92 Å². The highest BCUT2D eigenvalue weighted by Crippen LogP contribution is 2.50. The lowest BCUT2D eigenvalue weighted by atomic mass is 9.86. The molecule has 0 radical (unpaired) electrons. The van der Waals surface area contributed by atoms with Crippen LogP contribution in [-0.2, 0) is 10.2 Å². The van der Waals surface area contributed by atoms with E-state index >= 15 is 0 Å². The molecule has 1 saturated carbocycles. The Labute approximate surface area is 224 Å². The number of alkyl halides is 3. The Kier molecular flexibility index (Phi) is 6.92. The van der Waals surface area contributed by atoms with E-state index in [4.69, 9.17) is 4.74 Å². The number of nitrogens with zero attached hydrogens (tertiary/aromatic N) is 3. The van der Waals surface area contributed by atoms with E-state index in [9.17, 15) is 18.0 Å². The van der Waals surface area contributed by atoms with Gasteiger partial charge in [-0.15, -0.1) is 18.3 Å². The van der Waals surface area contributed by atoms with Gasteiger partial charge in [0, 0.05) is 17.5 Å². The first-order valence-electron chi connectivity index (χ1n) is 12.6. The topological polar surface area (TPSA) is 66.2 Å². The maximum atomic E-state index is 12.7. The molecule has 4 aromatic rings. The largest absolute Gasteiger partial charge is 0.573 e. The van der Waals surface area contributed by atoms with Crippen LogP contribution in [0.4, 0.5) is 13.2 Å². The van der Waals surface area contributed by atoms with Crippen LogP contribution in [0, 0.1) is 5.92 Å². The summed E-state index contributed by atoms with van der Waals surface area (Å²) in [5.74, 6) is 1.13. The molecule has 0 spiro atoms. The lowest BCUT2D eigenvalue weighted by Crippen LogP contribution is -2.17. The number of benzene rings is 3. The summed E-state index contributed by atoms with van der Waals surface area (Å²) >= 11 is 0. The molecule has 5 rings (SSSR count). The maximum absolute atomic E-state index is 12.7. The van der Waals surface area contributed by atoms with Crippen LogP contribution in [0.15, 0.2) is 79.1 Å². The summed E-state index contributed by atoms with van der Waals surface area (Å²) in [5.41, 5.74) is 3.39. The Bertz CT molecular complexity index is 1460. The number of aromatic nitrogens is 3. The lowest BCUT2D eigenvalue weighted by Gasteiger charge is -2.22. The summed E-state index contributed by atoms with van der Waals surface area (Å²) < 4.78 is 48.2. The van der Waals surface area contributed by atoms with E-state index in [0.29, 0.717) is 29.6 Å². The molecule has 1 aliphatic rings. The van der Waals surface area contributed by atoms with Crippen molar-refractivity contribution in [1.29, 1.82) is 0 Å². The van der Waals surface area contributed by atoms with Gasteiger partial charge in [-0.05, 0) is 59.6 Å². The number of carbonyl (C=O) groups excluding carboxylic acids is 1. The van der Waals surface area contributed by atoms with Gasteiger partial charge in [0.05, 0.1) is 5.69 Å². The molecule has 202 valence electrons. The zero-order chi connectivity index (χ0) is 27.8. The molecule has 2 atom stereocenters. The van der Waals surface area contributed by atoms with E-state index in [0.717, 1.165) is 23.1 Å². The summed E-state index contributed by atoms with van der Waals surface area (Å²) in [6.07, 6.45) is -1.95. The Balaban J connectivity index is 1.18. The van der Waals surface area contributed by atoms with Crippen molar-refractivity contribution in [3.05, 3.63) is 90.3 Å². The van der Waals surface area contributed by atoms with Gasteiger partial charge in [-0.25, -0.2) is 9.67 Å². The molecule has 0 aliphatic heterocycles. The monoisotopic (exact) mass is 535 g/mol. The first-order valence-corrected chi connectivity index (χ1v) is 12.6. The van der Waals surface area contributed by atoms with Gasteiger partial charge in [0.1, 0.15) is 17.8 Å². The van der Waals surface area contributed by atoms with Crippen molar-refractivity contribution in [2.45, 2.75) is 51.3 Å². The number of carbonyl (C=O) groups is 1. The van der Waals surface area contributed by atoms with Gasteiger partial charge in [-0.2, -0.15) is 0 Å². The molecule has 0 saturated heterocycles. The van der Waals surface area contributed by atoms with Crippen LogP contribution >= 0.6 is 0 Å². The molecule has 1 aromatic heterocycles. The summed E-state index contributed by atoms with van der Waals surface area (Å²) in [5, 5.41) is 4.44. The van der Waals surface area contributed by atoms with Crippen molar-refractivity contribution in [3.8, 4) is 28.6 Å². The van der Waals surface area contributed by atoms with Gasteiger partial charge >= 0.3 is 12.3 Å². The van der Waals surface area contributed by atoms with E-state index in [1.54, 1.807) is 0 Å². The van der Waals surface area contributed by atoms with E-state index in [1.165, 1.54) is 35.3 Å². The Morgan fingerprint density at radius 3 is 2.33 bits per heavy atom. The second-order valence-corrected chi connectivity index (χ2v) is 10.7. The van der Waals surface area contributed by atoms with Crippen molar-refractivity contribution < 1.29 is 27.4 Å². The third-order valence-corrected chi connectivity index (χ3v) is 6.69. The average molecular weight is 536 g/mol. The zero-order valence-corrected chi connectivity index (χ0v) is 21.8. The smallest absolute Gasteiger partial charge is 0.426 e. The molecule has 39 heavy (non-hydrogen) atoms. The molecular formula is C30H28F3N3O3. The maximum Gasteiger partial charge on any atom is 0.573 e. The molecule has 1 heterocycles. The fraction of sp³-hybridized carbons (Fsp3) is 0.300. The minimum atomic E-state index is -4.74. The number of para-hydroxylation sites is 1. The van der Waals surface area contributed by atoms with Crippen LogP contribution in [-0.4, -0.2) is 27.1 Å². The molecule has 0 amide bonds.